The van der Waals surface area contributed by atoms with Crippen molar-refractivity contribution in [2.75, 3.05) is 23.7 Å². The van der Waals surface area contributed by atoms with Gasteiger partial charge in [0.15, 0.2) is 0 Å². The molecule has 4 rings (SSSR count). The largest absolute Gasteiger partial charge is 0.417 e. The van der Waals surface area contributed by atoms with Crippen LogP contribution in [0.25, 0.3) is 0 Å². The molecule has 8 heteroatoms. The fourth-order valence-corrected chi connectivity index (χ4v) is 3.49. The lowest BCUT2D eigenvalue weighted by Gasteiger charge is -2.44. The van der Waals surface area contributed by atoms with Gasteiger partial charge in [-0.25, -0.2) is 0 Å². The van der Waals surface area contributed by atoms with Crippen LogP contribution in [-0.4, -0.2) is 45.5 Å². The van der Waals surface area contributed by atoms with Crippen molar-refractivity contribution in [3.8, 4) is 0 Å². The molecule has 2 amide bonds. The van der Waals surface area contributed by atoms with Crippen LogP contribution in [0.5, 0.6) is 0 Å². The molecule has 8 nitrogen and oxygen atoms in total. The van der Waals surface area contributed by atoms with Crippen LogP contribution in [0.2, 0.25) is 0 Å². The number of benzene rings is 1. The van der Waals surface area contributed by atoms with Gasteiger partial charge in [0.25, 0.3) is 0 Å². The Labute approximate surface area is 151 Å². The summed E-state index contributed by atoms with van der Waals surface area (Å²) in [6.45, 7) is 2.91. The van der Waals surface area contributed by atoms with E-state index in [1.54, 1.807) is 4.90 Å². The highest BCUT2D eigenvalue weighted by molar-refractivity contribution is 6.06. The molecule has 1 aromatic carbocycles. The van der Waals surface area contributed by atoms with Crippen molar-refractivity contribution in [3.63, 3.8) is 0 Å². The molecule has 1 spiro atoms. The van der Waals surface area contributed by atoms with Gasteiger partial charge in [0.1, 0.15) is 5.54 Å². The molecule has 26 heavy (non-hydrogen) atoms. The van der Waals surface area contributed by atoms with E-state index < -0.39 is 5.54 Å². The molecule has 2 aliphatic heterocycles. The molecule has 1 aromatic heterocycles. The number of fused-ring (bicyclic) bond motifs is 1. The van der Waals surface area contributed by atoms with E-state index in [1.165, 1.54) is 0 Å². The van der Waals surface area contributed by atoms with E-state index in [0.29, 0.717) is 38.2 Å². The second kappa shape index (κ2) is 6.44. The van der Waals surface area contributed by atoms with Gasteiger partial charge in [0.05, 0.1) is 11.4 Å². The number of aryl methyl sites for hydroxylation is 1. The summed E-state index contributed by atoms with van der Waals surface area (Å²) in [6, 6.07) is 7.63. The van der Waals surface area contributed by atoms with Gasteiger partial charge in [-0.15, -0.1) is 10.2 Å². The Kier molecular flexibility index (Phi) is 4.10. The van der Waals surface area contributed by atoms with Crippen LogP contribution < -0.4 is 10.6 Å². The van der Waals surface area contributed by atoms with Crippen LogP contribution in [0.1, 0.15) is 42.8 Å². The van der Waals surface area contributed by atoms with E-state index in [-0.39, 0.29) is 17.7 Å². The lowest BCUT2D eigenvalue weighted by atomic mass is 9.84. The van der Waals surface area contributed by atoms with E-state index in [9.17, 15) is 9.59 Å². The first kappa shape index (κ1) is 16.6. The fourth-order valence-electron chi connectivity index (χ4n) is 3.49. The average Bonchev–Trinajstić information content (AvgIpc) is 3.12. The highest BCUT2D eigenvalue weighted by Crippen LogP contribution is 2.36. The maximum atomic E-state index is 12.6. The minimum atomic E-state index is -0.687. The standard InChI is InChI=1S/C18H21N5O3/c1-2-5-14-21-22-15(26-14)16(24)23-10-8-18(9-11-23)17(25)19-12-6-3-4-7-13(12)20-18/h3-4,6-7,20H,2,5,8-11H2,1H3,(H,19,25). The van der Waals surface area contributed by atoms with Gasteiger partial charge in [-0.1, -0.05) is 19.1 Å². The summed E-state index contributed by atoms with van der Waals surface area (Å²) in [5, 5.41) is 14.1. The summed E-state index contributed by atoms with van der Waals surface area (Å²) in [5.74, 6) is 0.183. The van der Waals surface area contributed by atoms with Gasteiger partial charge >= 0.3 is 11.8 Å². The number of aromatic nitrogens is 2. The number of hydrogen-bond donors (Lipinski definition) is 2. The highest BCUT2D eigenvalue weighted by atomic mass is 16.4. The number of likely N-dealkylation sites (tertiary alicyclic amines) is 1. The normalized spacial score (nSPS) is 18.2. The molecular weight excluding hydrogens is 334 g/mol. The summed E-state index contributed by atoms with van der Waals surface area (Å²) in [7, 11) is 0. The molecule has 3 heterocycles. The number of hydrogen-bond acceptors (Lipinski definition) is 6. The number of nitrogens with one attached hydrogen (secondary N) is 2. The molecule has 1 saturated heterocycles. The average molecular weight is 355 g/mol. The Balaban J connectivity index is 1.45. The quantitative estimate of drug-likeness (QED) is 0.874. The summed E-state index contributed by atoms with van der Waals surface area (Å²) < 4.78 is 5.44. The monoisotopic (exact) mass is 355 g/mol. The van der Waals surface area contributed by atoms with Gasteiger partial charge in [0, 0.05) is 19.5 Å². The lowest BCUT2D eigenvalue weighted by molar-refractivity contribution is -0.122. The lowest BCUT2D eigenvalue weighted by Crippen LogP contribution is -2.59. The molecule has 0 atom stereocenters. The highest BCUT2D eigenvalue weighted by Gasteiger charge is 2.45. The molecule has 0 bridgehead atoms. The van der Waals surface area contributed by atoms with Gasteiger partial charge < -0.3 is 20.0 Å². The SMILES string of the molecule is CCCc1nnc(C(=O)N2CCC3(CC2)Nc2ccccc2NC3=O)o1. The first-order chi connectivity index (χ1) is 12.6. The minimum absolute atomic E-state index is 0.0239. The van der Waals surface area contributed by atoms with Crippen molar-refractivity contribution in [1.29, 1.82) is 0 Å². The summed E-state index contributed by atoms with van der Waals surface area (Å²) >= 11 is 0. The van der Waals surface area contributed by atoms with Crippen LogP contribution in [0, 0.1) is 0 Å². The molecular formula is C18H21N5O3. The Morgan fingerprint density at radius 3 is 2.69 bits per heavy atom. The van der Waals surface area contributed by atoms with Gasteiger partial charge in [-0.2, -0.15) is 0 Å². The molecule has 1 fully saturated rings. The Morgan fingerprint density at radius 1 is 1.23 bits per heavy atom. The third kappa shape index (κ3) is 2.81. The zero-order valence-corrected chi connectivity index (χ0v) is 14.6. The first-order valence-corrected chi connectivity index (χ1v) is 8.91. The van der Waals surface area contributed by atoms with Crippen LogP contribution in [0.4, 0.5) is 11.4 Å². The molecule has 0 aliphatic carbocycles. The molecule has 2 N–H and O–H groups in total. The number of rotatable bonds is 3. The number of nitrogens with zero attached hydrogens (tertiary/aromatic N) is 3. The van der Waals surface area contributed by atoms with Crippen LogP contribution in [-0.2, 0) is 11.2 Å². The number of carbonyl (C=O) groups excluding carboxylic acids is 2. The maximum Gasteiger partial charge on any atom is 0.311 e. The first-order valence-electron chi connectivity index (χ1n) is 8.91. The van der Waals surface area contributed by atoms with Crippen LogP contribution in [0.3, 0.4) is 0 Å². The Morgan fingerprint density at radius 2 is 1.96 bits per heavy atom. The minimum Gasteiger partial charge on any atom is -0.417 e. The Bertz CT molecular complexity index is 839. The van der Waals surface area contributed by atoms with Gasteiger partial charge in [-0.05, 0) is 31.4 Å². The molecule has 2 aromatic rings. The number of carbonyl (C=O) groups is 2. The fraction of sp³-hybridized carbons (Fsp3) is 0.444. The van der Waals surface area contributed by atoms with Crippen molar-refractivity contribution < 1.29 is 14.0 Å². The number of anilines is 2. The van der Waals surface area contributed by atoms with E-state index in [2.05, 4.69) is 20.8 Å². The predicted molar refractivity (Wildman–Crippen MR) is 94.9 cm³/mol. The third-order valence-electron chi connectivity index (χ3n) is 5.00. The van der Waals surface area contributed by atoms with Crippen molar-refractivity contribution in [2.24, 2.45) is 0 Å². The van der Waals surface area contributed by atoms with Gasteiger partial charge in [-0.3, -0.25) is 9.59 Å². The number of para-hydroxylation sites is 2. The van der Waals surface area contributed by atoms with E-state index in [0.717, 1.165) is 17.8 Å². The number of piperidine rings is 1. The zero-order chi connectivity index (χ0) is 18.1. The third-order valence-corrected chi connectivity index (χ3v) is 5.00. The van der Waals surface area contributed by atoms with Crippen molar-refractivity contribution in [2.45, 2.75) is 38.1 Å². The van der Waals surface area contributed by atoms with E-state index in [4.69, 9.17) is 4.42 Å². The second-order valence-electron chi connectivity index (χ2n) is 6.75. The van der Waals surface area contributed by atoms with Crippen LogP contribution >= 0.6 is 0 Å². The summed E-state index contributed by atoms with van der Waals surface area (Å²) in [4.78, 5) is 26.9. The van der Waals surface area contributed by atoms with Crippen LogP contribution in [0.15, 0.2) is 28.7 Å². The molecule has 2 aliphatic rings. The predicted octanol–water partition coefficient (Wildman–Crippen LogP) is 2.06. The smallest absolute Gasteiger partial charge is 0.311 e. The topological polar surface area (TPSA) is 100 Å². The molecule has 136 valence electrons. The van der Waals surface area contributed by atoms with Crippen molar-refractivity contribution in [3.05, 3.63) is 36.0 Å². The van der Waals surface area contributed by atoms with Crippen molar-refractivity contribution >= 4 is 23.2 Å². The molecule has 0 unspecified atom stereocenters. The van der Waals surface area contributed by atoms with Crippen molar-refractivity contribution in [1.82, 2.24) is 15.1 Å². The molecule has 0 saturated carbocycles. The van der Waals surface area contributed by atoms with E-state index in [1.807, 2.05) is 31.2 Å². The van der Waals surface area contributed by atoms with E-state index >= 15 is 0 Å². The molecule has 0 radical (unpaired) electrons. The number of amides is 2. The summed E-state index contributed by atoms with van der Waals surface area (Å²) in [6.07, 6.45) is 2.58. The summed E-state index contributed by atoms with van der Waals surface area (Å²) in [5.41, 5.74) is 1.01. The maximum absolute atomic E-state index is 12.6. The second-order valence-corrected chi connectivity index (χ2v) is 6.75. The zero-order valence-electron chi connectivity index (χ0n) is 14.6. The van der Waals surface area contributed by atoms with Gasteiger partial charge in [0.2, 0.25) is 11.8 Å². The Hall–Kier alpha value is -2.90.